The molecule has 5 atom stereocenters. The molecule has 260 valence electrons. The lowest BCUT2D eigenvalue weighted by Crippen LogP contribution is -2.47. The molecule has 0 aliphatic carbocycles. The molecule has 1 aliphatic heterocycles. The van der Waals surface area contributed by atoms with Crippen molar-refractivity contribution in [1.29, 1.82) is 0 Å². The van der Waals surface area contributed by atoms with Crippen LogP contribution in [0.5, 0.6) is 0 Å². The molecule has 19 heteroatoms. The van der Waals surface area contributed by atoms with Crippen LogP contribution in [0.2, 0.25) is 18.1 Å². The molecule has 0 saturated carbocycles. The maximum absolute atomic E-state index is 14.2. The van der Waals surface area contributed by atoms with E-state index in [1.54, 1.807) is 20.8 Å². The number of carbonyl (C=O) groups is 2. The minimum absolute atomic E-state index is 0.0543. The Morgan fingerprint density at radius 3 is 2.48 bits per heavy atom. The quantitative estimate of drug-likeness (QED) is 0.0494. The summed E-state index contributed by atoms with van der Waals surface area (Å²) in [5, 5.41) is 6.13. The van der Waals surface area contributed by atoms with Gasteiger partial charge in [0.25, 0.3) is 5.56 Å². The van der Waals surface area contributed by atoms with Gasteiger partial charge in [-0.25, -0.2) is 14.4 Å². The minimum atomic E-state index is -4.35. The summed E-state index contributed by atoms with van der Waals surface area (Å²) in [6, 6.07) is -2.09. The van der Waals surface area contributed by atoms with Crippen molar-refractivity contribution in [2.75, 3.05) is 32.7 Å². The van der Waals surface area contributed by atoms with Gasteiger partial charge in [-0.2, -0.15) is 0 Å². The monoisotopic (exact) mass is 706 g/mol. The predicted octanol–water partition coefficient (Wildman–Crippen LogP) is 4.41. The molecule has 4 unspecified atom stereocenters. The minimum Gasteiger partial charge on any atom is -0.468 e. The van der Waals surface area contributed by atoms with E-state index in [4.69, 9.17) is 28.5 Å². The van der Waals surface area contributed by atoms with E-state index in [0.717, 1.165) is 11.8 Å². The Labute approximate surface area is 274 Å². The van der Waals surface area contributed by atoms with Gasteiger partial charge >= 0.3 is 19.4 Å². The molecule has 2 rings (SSSR count). The number of azide groups is 1. The number of methoxy groups -OCH3 is 1. The fourth-order valence-corrected chi connectivity index (χ4v) is 7.20. The van der Waals surface area contributed by atoms with Crippen molar-refractivity contribution in [3.8, 4) is 0 Å². The largest absolute Gasteiger partial charge is 0.468 e. The first-order chi connectivity index (χ1) is 21.1. The average molecular weight is 707 g/mol. The Kier molecular flexibility index (Phi) is 14.1. The Morgan fingerprint density at radius 1 is 1.26 bits per heavy atom. The number of esters is 1. The van der Waals surface area contributed by atoms with Gasteiger partial charge in [0, 0.05) is 34.3 Å². The van der Waals surface area contributed by atoms with Crippen LogP contribution in [0, 0.1) is 12.3 Å². The molecule has 46 heavy (non-hydrogen) atoms. The number of nitrogens with zero attached hydrogens (tertiary/aromatic N) is 4. The number of ether oxygens (including phenoxy) is 2. The van der Waals surface area contributed by atoms with Gasteiger partial charge in [0.1, 0.15) is 12.3 Å². The van der Waals surface area contributed by atoms with Gasteiger partial charge in [-0.15, -0.1) is 0 Å². The van der Waals surface area contributed by atoms with Crippen molar-refractivity contribution < 1.29 is 37.1 Å². The fourth-order valence-electron chi connectivity index (χ4n) is 3.81. The van der Waals surface area contributed by atoms with E-state index in [-0.39, 0.29) is 41.1 Å². The Balaban J connectivity index is 2.31. The van der Waals surface area contributed by atoms with Crippen LogP contribution in [-0.4, -0.2) is 79.8 Å². The number of hydrogen-bond acceptors (Lipinski definition) is 12. The predicted molar refractivity (Wildman–Crippen MR) is 176 cm³/mol. The van der Waals surface area contributed by atoms with Gasteiger partial charge in [0.05, 0.1) is 39.1 Å². The summed E-state index contributed by atoms with van der Waals surface area (Å²) in [5.74, 6) is -0.618. The number of H-pyrrole nitrogens is 1. The van der Waals surface area contributed by atoms with E-state index < -0.39 is 69.7 Å². The molecule has 0 amide bonds. The van der Waals surface area contributed by atoms with Crippen molar-refractivity contribution in [3.63, 3.8) is 0 Å². The van der Waals surface area contributed by atoms with Gasteiger partial charge in [-0.05, 0) is 30.6 Å². The van der Waals surface area contributed by atoms with Crippen LogP contribution in [0.25, 0.3) is 10.4 Å². The molecule has 0 radical (unpaired) electrons. The van der Waals surface area contributed by atoms with Gasteiger partial charge < -0.3 is 13.9 Å². The Bertz CT molecular complexity index is 1450. The molecule has 1 fully saturated rings. The van der Waals surface area contributed by atoms with Crippen LogP contribution >= 0.6 is 19.5 Å². The first-order valence-corrected chi connectivity index (χ1v) is 20.2. The van der Waals surface area contributed by atoms with E-state index in [0.29, 0.717) is 0 Å². The van der Waals surface area contributed by atoms with Gasteiger partial charge in [0.2, 0.25) is 0 Å². The van der Waals surface area contributed by atoms with E-state index >= 15 is 0 Å². The highest BCUT2D eigenvalue weighted by molar-refractivity contribution is 8.13. The third-order valence-electron chi connectivity index (χ3n) is 7.68. The summed E-state index contributed by atoms with van der Waals surface area (Å²) in [5.41, 5.74) is 7.56. The first kappa shape index (κ1) is 39.9. The standard InChI is InChI=1S/C27H47N6O10PSSi/c1-17-14-33(25(37)29-22(17)34)21-13-18(30-32-28)20(43-21)16-41-44(38,40-11-12-45-24(36)26(2,3)4)31-19(23(35)39-8)15-42-46(9,10)27(5,6)7/h14,18-21H,11-13,15-16H2,1-10H3,(H,31,38)(H,29,34,37)/t18?,19-,20?,21?,44?/m0/s1. The zero-order chi connectivity index (χ0) is 35.1. The number of carbonyl (C=O) groups excluding carboxylic acids is 2. The molecule has 16 nitrogen and oxygen atoms in total. The summed E-state index contributed by atoms with van der Waals surface area (Å²) in [4.78, 5) is 54.6. The molecule has 0 spiro atoms. The summed E-state index contributed by atoms with van der Waals surface area (Å²) in [7, 11) is -5.52. The van der Waals surface area contributed by atoms with Gasteiger partial charge in [-0.3, -0.25) is 33.0 Å². The second kappa shape index (κ2) is 16.2. The van der Waals surface area contributed by atoms with Crippen molar-refractivity contribution in [2.24, 2.45) is 10.5 Å². The topological polar surface area (TPSA) is 213 Å². The number of aromatic amines is 1. The van der Waals surface area contributed by atoms with Crippen LogP contribution in [0.1, 0.15) is 59.8 Å². The van der Waals surface area contributed by atoms with Crippen LogP contribution in [0.4, 0.5) is 0 Å². The lowest BCUT2D eigenvalue weighted by molar-refractivity contribution is -0.143. The third-order valence-corrected chi connectivity index (χ3v) is 15.1. The van der Waals surface area contributed by atoms with E-state index in [1.807, 2.05) is 33.9 Å². The maximum Gasteiger partial charge on any atom is 0.406 e. The summed E-state index contributed by atoms with van der Waals surface area (Å²) < 4.78 is 43.9. The van der Waals surface area contributed by atoms with Gasteiger partial charge in [0.15, 0.2) is 13.4 Å². The highest BCUT2D eigenvalue weighted by Crippen LogP contribution is 2.46. The summed E-state index contributed by atoms with van der Waals surface area (Å²) in [6.45, 7) is 16.1. The molecule has 1 aliphatic rings. The van der Waals surface area contributed by atoms with Crippen LogP contribution in [0.15, 0.2) is 20.9 Å². The molecule has 2 heterocycles. The second-order valence-electron chi connectivity index (χ2n) is 13.4. The van der Waals surface area contributed by atoms with Crippen molar-refractivity contribution >= 4 is 38.9 Å². The average Bonchev–Trinajstić information content (AvgIpc) is 3.35. The number of rotatable bonds is 15. The second-order valence-corrected chi connectivity index (χ2v) is 21.1. The molecular weight excluding hydrogens is 659 g/mol. The normalized spacial score (nSPS) is 20.9. The van der Waals surface area contributed by atoms with Crippen LogP contribution < -0.4 is 16.3 Å². The molecule has 1 saturated heterocycles. The first-order valence-electron chi connectivity index (χ1n) is 14.7. The zero-order valence-corrected chi connectivity index (χ0v) is 30.9. The summed E-state index contributed by atoms with van der Waals surface area (Å²) in [6.07, 6.45) is -0.534. The van der Waals surface area contributed by atoms with E-state index in [9.17, 15) is 23.7 Å². The number of aryl methyl sites for hydroxylation is 1. The smallest absolute Gasteiger partial charge is 0.406 e. The van der Waals surface area contributed by atoms with Crippen molar-refractivity contribution in [2.45, 2.75) is 97.4 Å². The highest BCUT2D eigenvalue weighted by atomic mass is 32.2. The number of nitrogens with one attached hydrogen (secondary N) is 2. The molecule has 0 bridgehead atoms. The van der Waals surface area contributed by atoms with Crippen LogP contribution in [0.3, 0.4) is 0 Å². The lowest BCUT2D eigenvalue weighted by Gasteiger charge is -2.37. The lowest BCUT2D eigenvalue weighted by atomic mass is 10.00. The number of hydrogen-bond donors (Lipinski definition) is 2. The molecule has 1 aromatic rings. The van der Waals surface area contributed by atoms with Crippen LogP contribution in [-0.2, 0) is 37.1 Å². The maximum atomic E-state index is 14.2. The summed E-state index contributed by atoms with van der Waals surface area (Å²) >= 11 is 1.01. The Hall–Kier alpha value is -2.27. The SMILES string of the molecule is COC(=O)[C@H](CO[Si](C)(C)C(C)(C)C)NP(=O)(OCCSC(=O)C(C)(C)C)OCC1OC(n2cc(C)c(=O)[nH]c2=O)CC1N=[N+]=[N-]. The van der Waals surface area contributed by atoms with E-state index in [1.165, 1.54) is 24.8 Å². The zero-order valence-electron chi connectivity index (χ0n) is 28.1. The molecule has 1 aromatic heterocycles. The fraction of sp³-hybridized carbons (Fsp3) is 0.778. The van der Waals surface area contributed by atoms with Crippen molar-refractivity contribution in [1.82, 2.24) is 14.6 Å². The van der Waals surface area contributed by atoms with Gasteiger partial charge in [-0.1, -0.05) is 58.4 Å². The Morgan fingerprint density at radius 2 is 1.91 bits per heavy atom. The highest BCUT2D eigenvalue weighted by Gasteiger charge is 2.42. The number of thioether (sulfide) groups is 1. The molecule has 2 N–H and O–H groups in total. The molecule has 0 aromatic carbocycles. The van der Waals surface area contributed by atoms with Crippen molar-refractivity contribution in [3.05, 3.63) is 43.0 Å². The molecular formula is C27H47N6O10PSSi. The number of aromatic nitrogens is 2. The van der Waals surface area contributed by atoms with E-state index in [2.05, 4.69) is 20.1 Å². The third kappa shape index (κ3) is 11.2.